The van der Waals surface area contributed by atoms with Gasteiger partial charge in [-0.05, 0) is 6.92 Å². The lowest BCUT2D eigenvalue weighted by Gasteiger charge is -2.16. The third-order valence-electron chi connectivity index (χ3n) is 2.03. The maximum Gasteiger partial charge on any atom is 0.474 e. The van der Waals surface area contributed by atoms with Crippen LogP contribution in [0.25, 0.3) is 0 Å². The maximum atomic E-state index is 12.1. The lowest BCUT2D eigenvalue weighted by molar-refractivity contribution is 0.127. The van der Waals surface area contributed by atoms with Crippen LogP contribution >= 0.6 is 7.82 Å². The van der Waals surface area contributed by atoms with Crippen LogP contribution in [0.5, 0.6) is 0 Å². The van der Waals surface area contributed by atoms with E-state index in [1.54, 1.807) is 0 Å². The molecule has 0 radical (unpaired) electrons. The summed E-state index contributed by atoms with van der Waals surface area (Å²) in [5, 5.41) is 1.50. The summed E-state index contributed by atoms with van der Waals surface area (Å²) in [6.45, 7) is 6.89. The topological polar surface area (TPSA) is 113 Å². The van der Waals surface area contributed by atoms with E-state index in [0.717, 1.165) is 10.8 Å². The van der Waals surface area contributed by atoms with Crippen LogP contribution in [0, 0.1) is 0 Å². The van der Waals surface area contributed by atoms with E-state index in [9.17, 15) is 21.4 Å². The highest BCUT2D eigenvalue weighted by Crippen LogP contribution is 2.49. The van der Waals surface area contributed by atoms with Crippen molar-refractivity contribution in [3.05, 3.63) is 24.0 Å². The van der Waals surface area contributed by atoms with Crippen molar-refractivity contribution in [1.29, 1.82) is 0 Å². The Morgan fingerprint density at radius 1 is 0.905 bits per heavy atom. The Labute approximate surface area is 125 Å². The number of phosphoric acid groups is 1. The number of phosphoric ester groups is 1. The smallest absolute Gasteiger partial charge is 0.287 e. The van der Waals surface area contributed by atoms with Gasteiger partial charge < -0.3 is 0 Å². The fraction of sp³-hybridized carbons (Fsp3) is 0.600. The molecule has 0 saturated carbocycles. The average molecular weight is 362 g/mol. The van der Waals surface area contributed by atoms with Crippen LogP contribution < -0.4 is 0 Å². The molecular formula is C10H19O8PS2. The first-order valence-corrected chi connectivity index (χ1v) is 10.7. The Kier molecular flexibility index (Phi) is 8.60. The van der Waals surface area contributed by atoms with E-state index in [1.807, 2.05) is 0 Å². The van der Waals surface area contributed by atoms with Gasteiger partial charge in [0.1, 0.15) is 0 Å². The predicted molar refractivity (Wildman–Crippen MR) is 79.1 cm³/mol. The highest BCUT2D eigenvalue weighted by molar-refractivity contribution is 7.94. The molecule has 0 heterocycles. The van der Waals surface area contributed by atoms with E-state index in [2.05, 4.69) is 13.2 Å². The average Bonchev–Trinajstić information content (AvgIpc) is 2.38. The molecule has 0 N–H and O–H groups in total. The Balaban J connectivity index is 4.53. The van der Waals surface area contributed by atoms with Gasteiger partial charge in [-0.1, -0.05) is 13.2 Å². The van der Waals surface area contributed by atoms with Crippen LogP contribution in [0.3, 0.4) is 0 Å². The largest absolute Gasteiger partial charge is 0.474 e. The molecule has 0 aliphatic carbocycles. The van der Waals surface area contributed by atoms with Gasteiger partial charge >= 0.3 is 7.82 Å². The Morgan fingerprint density at radius 3 is 1.57 bits per heavy atom. The summed E-state index contributed by atoms with van der Waals surface area (Å²) in [5.74, 6) is -0.885. The van der Waals surface area contributed by atoms with Crippen LogP contribution in [-0.4, -0.2) is 48.2 Å². The molecule has 11 heteroatoms. The molecule has 0 aromatic carbocycles. The zero-order chi connectivity index (χ0) is 16.6. The van der Waals surface area contributed by atoms with Crippen LogP contribution in [0.4, 0.5) is 0 Å². The van der Waals surface area contributed by atoms with Gasteiger partial charge in [-0.15, -0.1) is 0 Å². The van der Waals surface area contributed by atoms with Crippen LogP contribution in [0.15, 0.2) is 24.0 Å². The minimum Gasteiger partial charge on any atom is -0.287 e. The Morgan fingerprint density at radius 2 is 1.29 bits per heavy atom. The maximum absolute atomic E-state index is 12.1. The molecule has 0 saturated heterocycles. The van der Waals surface area contributed by atoms with Gasteiger partial charge in [0.05, 0.1) is 31.3 Å². The molecule has 0 spiro atoms. The zero-order valence-corrected chi connectivity index (χ0v) is 14.2. The second-order valence-electron chi connectivity index (χ2n) is 3.60. The lowest BCUT2D eigenvalue weighted by atomic mass is 10.9. The van der Waals surface area contributed by atoms with Crippen LogP contribution in [0.1, 0.15) is 6.92 Å². The number of hydrogen-bond donors (Lipinski definition) is 0. The van der Waals surface area contributed by atoms with Gasteiger partial charge in [0.25, 0.3) is 0 Å². The molecular weight excluding hydrogens is 343 g/mol. The predicted octanol–water partition coefficient (Wildman–Crippen LogP) is 1.28. The summed E-state index contributed by atoms with van der Waals surface area (Å²) < 4.78 is 71.2. The number of rotatable bonds is 12. The summed E-state index contributed by atoms with van der Waals surface area (Å²) in [6.07, 6.45) is 0. The van der Waals surface area contributed by atoms with Gasteiger partial charge in [0.2, 0.25) is 0 Å². The van der Waals surface area contributed by atoms with Crippen molar-refractivity contribution in [2.45, 2.75) is 6.92 Å². The van der Waals surface area contributed by atoms with Gasteiger partial charge in [0, 0.05) is 10.8 Å². The minimum absolute atomic E-state index is 0.0142. The third-order valence-corrected chi connectivity index (χ3v) is 6.09. The van der Waals surface area contributed by atoms with E-state index in [0.29, 0.717) is 0 Å². The molecule has 0 bridgehead atoms. The first-order chi connectivity index (χ1) is 9.60. The molecule has 0 aromatic heterocycles. The van der Waals surface area contributed by atoms with Crippen LogP contribution in [0.2, 0.25) is 0 Å². The van der Waals surface area contributed by atoms with E-state index >= 15 is 0 Å². The highest BCUT2D eigenvalue weighted by Gasteiger charge is 2.27. The fourth-order valence-corrected chi connectivity index (χ4v) is 3.35. The van der Waals surface area contributed by atoms with Crippen molar-refractivity contribution in [1.82, 2.24) is 0 Å². The number of hydrogen-bond acceptors (Lipinski definition) is 8. The first kappa shape index (κ1) is 20.5. The highest BCUT2D eigenvalue weighted by atomic mass is 32.2. The molecule has 0 fully saturated rings. The van der Waals surface area contributed by atoms with Crippen molar-refractivity contribution in [2.75, 3.05) is 31.3 Å². The van der Waals surface area contributed by atoms with Gasteiger partial charge in [-0.3, -0.25) is 13.6 Å². The van der Waals surface area contributed by atoms with Crippen LogP contribution in [-0.2, 0) is 37.8 Å². The fourth-order valence-electron chi connectivity index (χ4n) is 0.967. The molecule has 0 aliphatic rings. The third kappa shape index (κ3) is 9.18. The van der Waals surface area contributed by atoms with Gasteiger partial charge in [-0.2, -0.15) is 0 Å². The second kappa shape index (κ2) is 8.82. The minimum atomic E-state index is -4.01. The molecule has 0 aliphatic heterocycles. The summed E-state index contributed by atoms with van der Waals surface area (Å²) in [5.41, 5.74) is 0. The van der Waals surface area contributed by atoms with Crippen molar-refractivity contribution in [3.63, 3.8) is 0 Å². The summed E-state index contributed by atoms with van der Waals surface area (Å²) in [6, 6.07) is 0. The van der Waals surface area contributed by atoms with Crippen molar-refractivity contribution in [2.24, 2.45) is 0 Å². The van der Waals surface area contributed by atoms with E-state index in [1.165, 1.54) is 6.92 Å². The summed E-state index contributed by atoms with van der Waals surface area (Å²) in [4.78, 5) is 0. The van der Waals surface area contributed by atoms with Gasteiger partial charge in [-0.25, -0.2) is 21.4 Å². The molecule has 0 aromatic rings. The van der Waals surface area contributed by atoms with Crippen molar-refractivity contribution < 1.29 is 35.0 Å². The standard InChI is InChI=1S/C10H19O8PS2/c1-4-16-19(11,17-7-9-20(12,13)5-2)18-8-10-21(14,15)6-3/h5-6H,2-4,7-10H2,1H3. The van der Waals surface area contributed by atoms with Crippen molar-refractivity contribution >= 4 is 27.5 Å². The molecule has 0 rings (SSSR count). The zero-order valence-electron chi connectivity index (χ0n) is 11.6. The van der Waals surface area contributed by atoms with Gasteiger partial charge in [0.15, 0.2) is 19.7 Å². The second-order valence-corrected chi connectivity index (χ2v) is 9.40. The Hall–Kier alpha value is -0.510. The molecule has 21 heavy (non-hydrogen) atoms. The molecule has 0 atom stereocenters. The monoisotopic (exact) mass is 362 g/mol. The van der Waals surface area contributed by atoms with E-state index in [-0.39, 0.29) is 6.61 Å². The lowest BCUT2D eigenvalue weighted by Crippen LogP contribution is -2.13. The molecule has 124 valence electrons. The van der Waals surface area contributed by atoms with E-state index in [4.69, 9.17) is 13.6 Å². The van der Waals surface area contributed by atoms with Crippen molar-refractivity contribution in [3.8, 4) is 0 Å². The normalized spacial score (nSPS) is 13.0. The molecule has 8 nitrogen and oxygen atoms in total. The number of sulfone groups is 2. The van der Waals surface area contributed by atoms with E-state index < -0.39 is 52.2 Å². The quantitative estimate of drug-likeness (QED) is 0.477. The Bertz CT molecular complexity index is 545. The summed E-state index contributed by atoms with van der Waals surface area (Å²) in [7, 11) is -11.0. The SMILES string of the molecule is C=CS(=O)(=O)CCOP(=O)(OCC)OCCS(=O)(=O)C=C. The summed E-state index contributed by atoms with van der Waals surface area (Å²) >= 11 is 0. The molecule has 0 unspecified atom stereocenters. The molecule has 0 amide bonds. The first-order valence-electron chi connectivity index (χ1n) is 5.84.